The lowest BCUT2D eigenvalue weighted by Gasteiger charge is -2.02. The number of Topliss-reactive ketones (excluding diaryl/α,β-unsaturated/α-hetero) is 1. The fraction of sp³-hybridized carbons (Fsp3) is 0.333. The molecule has 0 saturated carbocycles. The third-order valence-electron chi connectivity index (χ3n) is 2.00. The molecule has 0 radical (unpaired) electrons. The molecule has 0 spiro atoms. The second-order valence-electron chi connectivity index (χ2n) is 3.35. The molecule has 0 saturated heterocycles. The molecule has 0 fully saturated rings. The van der Waals surface area contributed by atoms with Gasteiger partial charge in [-0.1, -0.05) is 0 Å². The van der Waals surface area contributed by atoms with Crippen molar-refractivity contribution in [3.8, 4) is 0 Å². The van der Waals surface area contributed by atoms with E-state index < -0.39 is 17.6 Å². The van der Waals surface area contributed by atoms with Crippen LogP contribution in [0.5, 0.6) is 0 Å². The van der Waals surface area contributed by atoms with E-state index in [1.54, 1.807) is 6.92 Å². The summed E-state index contributed by atoms with van der Waals surface area (Å²) in [6.45, 7) is 1.98. The minimum atomic E-state index is -1.06. The standard InChI is InChI=1S/C12H12F2O3S/c1-2-17-12(16)7-18-6-11(15)8-3-4-9(13)10(14)5-8/h3-5H,2,6-7H2,1H3. The lowest BCUT2D eigenvalue weighted by Crippen LogP contribution is -2.10. The number of carbonyl (C=O) groups is 2. The van der Waals surface area contributed by atoms with E-state index in [4.69, 9.17) is 0 Å². The van der Waals surface area contributed by atoms with E-state index in [-0.39, 0.29) is 29.5 Å². The molecule has 0 heterocycles. The Balaban J connectivity index is 2.45. The van der Waals surface area contributed by atoms with Gasteiger partial charge in [-0.05, 0) is 25.1 Å². The Labute approximate surface area is 108 Å². The first-order valence-corrected chi connectivity index (χ1v) is 6.41. The second-order valence-corrected chi connectivity index (χ2v) is 4.34. The van der Waals surface area contributed by atoms with Gasteiger partial charge in [-0.25, -0.2) is 8.78 Å². The number of halogens is 2. The van der Waals surface area contributed by atoms with Crippen LogP contribution in [0.15, 0.2) is 18.2 Å². The van der Waals surface area contributed by atoms with Crippen LogP contribution in [-0.4, -0.2) is 29.9 Å². The zero-order valence-corrected chi connectivity index (χ0v) is 10.6. The molecule has 1 aromatic carbocycles. The van der Waals surface area contributed by atoms with Crippen LogP contribution < -0.4 is 0 Å². The minimum absolute atomic E-state index is 0.0177. The van der Waals surface area contributed by atoms with Crippen LogP contribution in [0.3, 0.4) is 0 Å². The first-order valence-electron chi connectivity index (χ1n) is 5.26. The summed E-state index contributed by atoms with van der Waals surface area (Å²) >= 11 is 1.07. The van der Waals surface area contributed by atoms with Crippen LogP contribution in [0, 0.1) is 11.6 Å². The number of hydrogen-bond acceptors (Lipinski definition) is 4. The fourth-order valence-electron chi connectivity index (χ4n) is 1.18. The van der Waals surface area contributed by atoms with E-state index in [2.05, 4.69) is 4.74 Å². The molecule has 6 heteroatoms. The molecule has 1 aromatic rings. The summed E-state index contributed by atoms with van der Waals surface area (Å²) in [4.78, 5) is 22.6. The lowest BCUT2D eigenvalue weighted by molar-refractivity contribution is -0.139. The highest BCUT2D eigenvalue weighted by atomic mass is 32.2. The SMILES string of the molecule is CCOC(=O)CSCC(=O)c1ccc(F)c(F)c1. The maximum absolute atomic E-state index is 12.9. The summed E-state index contributed by atoms with van der Waals surface area (Å²) in [6, 6.07) is 2.97. The van der Waals surface area contributed by atoms with Gasteiger partial charge in [-0.15, -0.1) is 11.8 Å². The van der Waals surface area contributed by atoms with Crippen molar-refractivity contribution in [2.24, 2.45) is 0 Å². The third-order valence-corrected chi connectivity index (χ3v) is 2.91. The number of carbonyl (C=O) groups excluding carboxylic acids is 2. The lowest BCUT2D eigenvalue weighted by atomic mass is 10.1. The molecule has 0 aromatic heterocycles. The number of benzene rings is 1. The van der Waals surface area contributed by atoms with Crippen LogP contribution >= 0.6 is 11.8 Å². The normalized spacial score (nSPS) is 10.2. The highest BCUT2D eigenvalue weighted by Crippen LogP contribution is 2.12. The Morgan fingerprint density at radius 1 is 1.22 bits per heavy atom. The first kappa shape index (κ1) is 14.6. The molecule has 0 unspecified atom stereocenters. The zero-order valence-electron chi connectivity index (χ0n) is 9.74. The summed E-state index contributed by atoms with van der Waals surface area (Å²) in [5.74, 6) is -2.74. The summed E-state index contributed by atoms with van der Waals surface area (Å²) < 4.78 is 30.2. The molecule has 0 bridgehead atoms. The largest absolute Gasteiger partial charge is 0.465 e. The summed E-state index contributed by atoms with van der Waals surface area (Å²) in [5, 5.41) is 0. The topological polar surface area (TPSA) is 43.4 Å². The third kappa shape index (κ3) is 4.44. The van der Waals surface area contributed by atoms with E-state index >= 15 is 0 Å². The Morgan fingerprint density at radius 3 is 2.56 bits per heavy atom. The Kier molecular flexibility index (Phi) is 5.77. The van der Waals surface area contributed by atoms with Gasteiger partial charge < -0.3 is 4.74 Å². The quantitative estimate of drug-likeness (QED) is 0.590. The van der Waals surface area contributed by atoms with E-state index in [1.165, 1.54) is 6.07 Å². The number of hydrogen-bond donors (Lipinski definition) is 0. The highest BCUT2D eigenvalue weighted by molar-refractivity contribution is 8.00. The van der Waals surface area contributed by atoms with Crippen LogP contribution in [0.1, 0.15) is 17.3 Å². The average molecular weight is 274 g/mol. The molecular formula is C12H12F2O3S. The fourth-order valence-corrected chi connectivity index (χ4v) is 1.89. The molecule has 0 aliphatic heterocycles. The smallest absolute Gasteiger partial charge is 0.315 e. The number of rotatable bonds is 6. The molecule has 0 N–H and O–H groups in total. The van der Waals surface area contributed by atoms with Gasteiger partial charge in [0.25, 0.3) is 0 Å². The molecule has 0 atom stereocenters. The monoisotopic (exact) mass is 274 g/mol. The predicted octanol–water partition coefficient (Wildman–Crippen LogP) is 2.44. The molecule has 0 amide bonds. The van der Waals surface area contributed by atoms with Crippen molar-refractivity contribution in [1.82, 2.24) is 0 Å². The predicted molar refractivity (Wildman–Crippen MR) is 64.6 cm³/mol. The molecule has 3 nitrogen and oxygen atoms in total. The Hall–Kier alpha value is -1.43. The average Bonchev–Trinajstić information content (AvgIpc) is 2.33. The zero-order chi connectivity index (χ0) is 13.5. The van der Waals surface area contributed by atoms with Crippen molar-refractivity contribution in [2.75, 3.05) is 18.1 Å². The van der Waals surface area contributed by atoms with E-state index in [1.807, 2.05) is 0 Å². The molecule has 18 heavy (non-hydrogen) atoms. The number of thioether (sulfide) groups is 1. The Morgan fingerprint density at radius 2 is 1.94 bits per heavy atom. The van der Waals surface area contributed by atoms with Gasteiger partial charge in [0.2, 0.25) is 0 Å². The number of ether oxygens (including phenoxy) is 1. The molecule has 0 aliphatic carbocycles. The van der Waals surface area contributed by atoms with Gasteiger partial charge in [0.1, 0.15) is 0 Å². The van der Waals surface area contributed by atoms with Gasteiger partial charge >= 0.3 is 5.97 Å². The van der Waals surface area contributed by atoms with Crippen molar-refractivity contribution in [1.29, 1.82) is 0 Å². The molecule has 98 valence electrons. The van der Waals surface area contributed by atoms with Crippen molar-refractivity contribution in [2.45, 2.75) is 6.92 Å². The van der Waals surface area contributed by atoms with Crippen molar-refractivity contribution >= 4 is 23.5 Å². The molecular weight excluding hydrogens is 262 g/mol. The summed E-state index contributed by atoms with van der Waals surface area (Å²) in [6.07, 6.45) is 0. The van der Waals surface area contributed by atoms with E-state index in [0.29, 0.717) is 0 Å². The van der Waals surface area contributed by atoms with Gasteiger partial charge in [-0.2, -0.15) is 0 Å². The van der Waals surface area contributed by atoms with Crippen LogP contribution in [0.4, 0.5) is 8.78 Å². The van der Waals surface area contributed by atoms with Crippen molar-refractivity contribution < 1.29 is 23.1 Å². The van der Waals surface area contributed by atoms with E-state index in [0.717, 1.165) is 23.9 Å². The summed E-state index contributed by atoms with van der Waals surface area (Å²) in [5.41, 5.74) is 0.0882. The van der Waals surface area contributed by atoms with Gasteiger partial charge in [-0.3, -0.25) is 9.59 Å². The first-order chi connectivity index (χ1) is 8.54. The minimum Gasteiger partial charge on any atom is -0.465 e. The Bertz CT molecular complexity index is 449. The van der Waals surface area contributed by atoms with Crippen molar-refractivity contribution in [3.63, 3.8) is 0 Å². The van der Waals surface area contributed by atoms with Gasteiger partial charge in [0.05, 0.1) is 18.1 Å². The highest BCUT2D eigenvalue weighted by Gasteiger charge is 2.11. The van der Waals surface area contributed by atoms with Gasteiger partial charge in [0.15, 0.2) is 17.4 Å². The molecule has 0 aliphatic rings. The maximum atomic E-state index is 12.9. The van der Waals surface area contributed by atoms with Crippen LogP contribution in [0.2, 0.25) is 0 Å². The summed E-state index contributed by atoms with van der Waals surface area (Å²) in [7, 11) is 0. The maximum Gasteiger partial charge on any atom is 0.315 e. The number of ketones is 1. The van der Waals surface area contributed by atoms with Crippen LogP contribution in [-0.2, 0) is 9.53 Å². The van der Waals surface area contributed by atoms with E-state index in [9.17, 15) is 18.4 Å². The van der Waals surface area contributed by atoms with Crippen molar-refractivity contribution in [3.05, 3.63) is 35.4 Å². The van der Waals surface area contributed by atoms with Crippen LogP contribution in [0.25, 0.3) is 0 Å². The second kappa shape index (κ2) is 7.10. The van der Waals surface area contributed by atoms with Gasteiger partial charge in [0, 0.05) is 5.56 Å². The molecule has 1 rings (SSSR count). The number of esters is 1.